The molecule has 0 aliphatic carbocycles. The van der Waals surface area contributed by atoms with Gasteiger partial charge in [-0.25, -0.2) is 9.79 Å². The van der Waals surface area contributed by atoms with Crippen LogP contribution in [0.5, 0.6) is 5.75 Å². The van der Waals surface area contributed by atoms with Crippen molar-refractivity contribution < 1.29 is 14.3 Å². The number of rotatable bonds is 7. The molecule has 2 aromatic heterocycles. The first-order valence-corrected chi connectivity index (χ1v) is 15.2. The van der Waals surface area contributed by atoms with Gasteiger partial charge in [-0.2, -0.15) is 0 Å². The molecule has 0 saturated heterocycles. The molecule has 6 nitrogen and oxygen atoms in total. The van der Waals surface area contributed by atoms with Crippen molar-refractivity contribution in [2.24, 2.45) is 4.99 Å². The molecule has 0 fully saturated rings. The molecule has 0 unspecified atom stereocenters. The second kappa shape index (κ2) is 11.3. The van der Waals surface area contributed by atoms with Crippen molar-refractivity contribution in [3.05, 3.63) is 126 Å². The van der Waals surface area contributed by atoms with E-state index in [0.29, 0.717) is 26.4 Å². The molecule has 3 heterocycles. The molecule has 6 rings (SSSR count). The smallest absolute Gasteiger partial charge is 0.338 e. The Bertz CT molecular complexity index is 1950. The fraction of sp³-hybridized carbons (Fsp3) is 0.182. The van der Waals surface area contributed by atoms with Crippen LogP contribution in [0, 0.1) is 0 Å². The number of fused-ring (bicyclic) bond motifs is 2. The number of thiazole rings is 1. The van der Waals surface area contributed by atoms with Crippen LogP contribution >= 0.6 is 22.7 Å². The Morgan fingerprint density at radius 2 is 1.80 bits per heavy atom. The predicted octanol–water partition coefficient (Wildman–Crippen LogP) is 5.94. The summed E-state index contributed by atoms with van der Waals surface area (Å²) >= 11 is 2.80. The predicted molar refractivity (Wildman–Crippen MR) is 165 cm³/mol. The highest BCUT2D eigenvalue weighted by Crippen LogP contribution is 2.37. The molecule has 0 bridgehead atoms. The zero-order chi connectivity index (χ0) is 28.5. The normalized spacial score (nSPS) is 15.2. The molecule has 3 aromatic carbocycles. The van der Waals surface area contributed by atoms with Gasteiger partial charge in [-0.15, -0.1) is 11.3 Å². The Kier molecular flexibility index (Phi) is 7.43. The van der Waals surface area contributed by atoms with E-state index in [1.807, 2.05) is 104 Å². The molecule has 41 heavy (non-hydrogen) atoms. The first kappa shape index (κ1) is 26.9. The molecular formula is C33H28N2O4S2. The zero-order valence-electron chi connectivity index (χ0n) is 22.9. The van der Waals surface area contributed by atoms with Gasteiger partial charge in [0.2, 0.25) is 0 Å². The van der Waals surface area contributed by atoms with Crippen LogP contribution in [0.2, 0.25) is 0 Å². The van der Waals surface area contributed by atoms with Crippen molar-refractivity contribution in [2.45, 2.75) is 32.9 Å². The average molecular weight is 581 g/mol. The maximum absolute atomic E-state index is 14.2. The number of ether oxygens (including phenoxy) is 2. The summed E-state index contributed by atoms with van der Waals surface area (Å²) in [4.78, 5) is 34.1. The van der Waals surface area contributed by atoms with Crippen molar-refractivity contribution in [1.82, 2.24) is 4.57 Å². The van der Waals surface area contributed by atoms with Crippen LogP contribution in [0.15, 0.2) is 99.6 Å². The molecule has 0 radical (unpaired) electrons. The second-order valence-electron chi connectivity index (χ2n) is 9.81. The van der Waals surface area contributed by atoms with Crippen molar-refractivity contribution in [3.8, 4) is 5.75 Å². The van der Waals surface area contributed by atoms with Crippen molar-refractivity contribution in [2.75, 3.05) is 6.61 Å². The fourth-order valence-electron chi connectivity index (χ4n) is 5.07. The molecule has 0 spiro atoms. The van der Waals surface area contributed by atoms with Crippen LogP contribution < -0.4 is 19.6 Å². The van der Waals surface area contributed by atoms with Crippen molar-refractivity contribution in [3.63, 3.8) is 0 Å². The lowest BCUT2D eigenvalue weighted by atomic mass is 9.97. The molecule has 5 aromatic rings. The Morgan fingerprint density at radius 1 is 1.02 bits per heavy atom. The number of benzene rings is 3. The van der Waals surface area contributed by atoms with Crippen molar-refractivity contribution in [1.29, 1.82) is 0 Å². The average Bonchev–Trinajstić information content (AvgIpc) is 3.62. The summed E-state index contributed by atoms with van der Waals surface area (Å²) in [5, 5.41) is 3.99. The molecule has 0 saturated carbocycles. The van der Waals surface area contributed by atoms with Crippen molar-refractivity contribution >= 4 is 51.2 Å². The standard InChI is InChI=1S/C33H28N2O4S2/c1-4-38-32(37)28-29(22-12-6-5-7-13-22)34-33-35(30(28)26-15-10-18-40-26)31(36)27(41-33)19-24-23-14-9-8-11-21(23)16-17-25(24)39-20(2)3/h5-20,30H,4H2,1-3H3/b27-19-/t30-/m1/s1. The monoisotopic (exact) mass is 580 g/mol. The maximum atomic E-state index is 14.2. The summed E-state index contributed by atoms with van der Waals surface area (Å²) in [5.74, 6) is 0.223. The van der Waals surface area contributed by atoms with E-state index in [1.165, 1.54) is 22.7 Å². The summed E-state index contributed by atoms with van der Waals surface area (Å²) in [5.41, 5.74) is 2.28. The Labute approximate surface area is 245 Å². The molecule has 0 N–H and O–H groups in total. The van der Waals surface area contributed by atoms with E-state index in [2.05, 4.69) is 0 Å². The van der Waals surface area contributed by atoms with Gasteiger partial charge in [-0.05, 0) is 55.1 Å². The van der Waals surface area contributed by atoms with E-state index in [0.717, 1.165) is 26.8 Å². The third-order valence-corrected chi connectivity index (χ3v) is 8.66. The number of hydrogen-bond donors (Lipinski definition) is 0. The molecule has 1 aliphatic rings. The number of thiophene rings is 1. The van der Waals surface area contributed by atoms with Crippen LogP contribution in [-0.2, 0) is 9.53 Å². The fourth-order valence-corrected chi connectivity index (χ4v) is 6.87. The highest BCUT2D eigenvalue weighted by molar-refractivity contribution is 7.10. The molecular weight excluding hydrogens is 553 g/mol. The maximum Gasteiger partial charge on any atom is 0.338 e. The second-order valence-corrected chi connectivity index (χ2v) is 11.8. The molecule has 8 heteroatoms. The van der Waals surface area contributed by atoms with Gasteiger partial charge in [0.25, 0.3) is 5.56 Å². The van der Waals surface area contributed by atoms with E-state index in [9.17, 15) is 9.59 Å². The van der Waals surface area contributed by atoms with Gasteiger partial charge in [-0.3, -0.25) is 9.36 Å². The lowest BCUT2D eigenvalue weighted by Crippen LogP contribution is -2.39. The summed E-state index contributed by atoms with van der Waals surface area (Å²) in [6.45, 7) is 5.95. The first-order chi connectivity index (χ1) is 20.0. The lowest BCUT2D eigenvalue weighted by molar-refractivity contribution is -0.138. The van der Waals surface area contributed by atoms with E-state index >= 15 is 0 Å². The summed E-state index contributed by atoms with van der Waals surface area (Å²) in [6, 6.07) is 24.8. The minimum absolute atomic E-state index is 0.0380. The molecule has 1 atom stereocenters. The number of hydrogen-bond acceptors (Lipinski definition) is 7. The van der Waals surface area contributed by atoms with Crippen LogP contribution in [0.4, 0.5) is 0 Å². The van der Waals surface area contributed by atoms with Crippen LogP contribution in [0.3, 0.4) is 0 Å². The highest BCUT2D eigenvalue weighted by atomic mass is 32.1. The Morgan fingerprint density at radius 3 is 2.54 bits per heavy atom. The number of esters is 1. The minimum Gasteiger partial charge on any atom is -0.490 e. The third-order valence-electron chi connectivity index (χ3n) is 6.76. The SMILES string of the molecule is CCOC(=O)C1=C(c2ccccc2)N=c2s/c(=C\c3c(OC(C)C)ccc4ccccc34)c(=O)n2[C@@H]1c1cccs1. The van der Waals surface area contributed by atoms with Gasteiger partial charge in [0.1, 0.15) is 11.8 Å². The van der Waals surface area contributed by atoms with Crippen LogP contribution in [-0.4, -0.2) is 23.2 Å². The lowest BCUT2D eigenvalue weighted by Gasteiger charge is -2.24. The molecule has 1 aliphatic heterocycles. The van der Waals surface area contributed by atoms with Crippen LogP contribution in [0.25, 0.3) is 22.5 Å². The summed E-state index contributed by atoms with van der Waals surface area (Å²) in [6.07, 6.45) is 1.86. The van der Waals surface area contributed by atoms with E-state index in [4.69, 9.17) is 14.5 Å². The van der Waals surface area contributed by atoms with Gasteiger partial charge in [-0.1, -0.05) is 78.1 Å². The molecule has 0 amide bonds. The van der Waals surface area contributed by atoms with Gasteiger partial charge in [0, 0.05) is 16.0 Å². The van der Waals surface area contributed by atoms with Gasteiger partial charge < -0.3 is 9.47 Å². The number of nitrogens with zero attached hydrogens (tertiary/aromatic N) is 2. The Balaban J connectivity index is 1.65. The van der Waals surface area contributed by atoms with Gasteiger partial charge in [0.15, 0.2) is 4.80 Å². The quantitative estimate of drug-likeness (QED) is 0.224. The first-order valence-electron chi connectivity index (χ1n) is 13.5. The van der Waals surface area contributed by atoms with Gasteiger partial charge >= 0.3 is 5.97 Å². The Hall–Kier alpha value is -4.27. The largest absolute Gasteiger partial charge is 0.490 e. The summed E-state index contributed by atoms with van der Waals surface area (Å²) in [7, 11) is 0. The number of aromatic nitrogens is 1. The third kappa shape index (κ3) is 5.05. The van der Waals surface area contributed by atoms with E-state index < -0.39 is 12.0 Å². The topological polar surface area (TPSA) is 69.9 Å². The summed E-state index contributed by atoms with van der Waals surface area (Å²) < 4.78 is 13.8. The van der Waals surface area contributed by atoms with Crippen LogP contribution in [0.1, 0.15) is 42.8 Å². The van der Waals surface area contributed by atoms with Gasteiger partial charge in [0.05, 0.1) is 28.5 Å². The number of carbonyl (C=O) groups is 1. The molecule has 206 valence electrons. The number of carbonyl (C=O) groups excluding carboxylic acids is 1. The minimum atomic E-state index is -0.665. The highest BCUT2D eigenvalue weighted by Gasteiger charge is 2.35. The zero-order valence-corrected chi connectivity index (χ0v) is 24.5. The van der Waals surface area contributed by atoms with E-state index in [-0.39, 0.29) is 18.3 Å². The van der Waals surface area contributed by atoms with E-state index in [1.54, 1.807) is 11.5 Å².